The quantitative estimate of drug-likeness (QED) is 0.774. The lowest BCUT2D eigenvalue weighted by atomic mass is 10.0. The molecule has 4 heteroatoms. The van der Waals surface area contributed by atoms with E-state index in [0.717, 1.165) is 10.0 Å². The van der Waals surface area contributed by atoms with Gasteiger partial charge >= 0.3 is 0 Å². The summed E-state index contributed by atoms with van der Waals surface area (Å²) in [6.45, 7) is 0.130. The van der Waals surface area contributed by atoms with Crippen molar-refractivity contribution in [2.24, 2.45) is 5.73 Å². The molecule has 1 atom stereocenters. The maximum absolute atomic E-state index is 9.59. The van der Waals surface area contributed by atoms with E-state index in [-0.39, 0.29) is 18.4 Å². The SMILES string of the molecule is N[C@H](CCCO)c1ccc(Br)cc1O. The third-order valence-electron chi connectivity index (χ3n) is 2.07. The Hall–Kier alpha value is -0.580. The smallest absolute Gasteiger partial charge is 0.121 e. The van der Waals surface area contributed by atoms with Gasteiger partial charge in [-0.3, -0.25) is 0 Å². The van der Waals surface area contributed by atoms with E-state index in [4.69, 9.17) is 10.8 Å². The van der Waals surface area contributed by atoms with Crippen LogP contribution >= 0.6 is 15.9 Å². The lowest BCUT2D eigenvalue weighted by Crippen LogP contribution is -2.10. The summed E-state index contributed by atoms with van der Waals surface area (Å²) in [6.07, 6.45) is 1.32. The second-order valence-corrected chi connectivity index (χ2v) is 4.09. The molecule has 0 spiro atoms. The van der Waals surface area contributed by atoms with Crippen molar-refractivity contribution in [2.45, 2.75) is 18.9 Å². The number of aliphatic hydroxyl groups excluding tert-OH is 1. The number of rotatable bonds is 4. The molecule has 0 aromatic heterocycles. The van der Waals surface area contributed by atoms with Gasteiger partial charge in [-0.25, -0.2) is 0 Å². The van der Waals surface area contributed by atoms with Crippen LogP contribution in [0.25, 0.3) is 0 Å². The minimum Gasteiger partial charge on any atom is -0.508 e. The Morgan fingerprint density at radius 1 is 1.43 bits per heavy atom. The van der Waals surface area contributed by atoms with Crippen LogP contribution in [-0.2, 0) is 0 Å². The van der Waals surface area contributed by atoms with Crippen molar-refractivity contribution in [3.05, 3.63) is 28.2 Å². The maximum atomic E-state index is 9.59. The molecule has 14 heavy (non-hydrogen) atoms. The molecule has 4 N–H and O–H groups in total. The normalized spacial score (nSPS) is 12.8. The van der Waals surface area contributed by atoms with Gasteiger partial charge in [0, 0.05) is 22.7 Å². The first-order chi connectivity index (χ1) is 6.65. The van der Waals surface area contributed by atoms with Gasteiger partial charge < -0.3 is 15.9 Å². The fourth-order valence-electron chi connectivity index (χ4n) is 1.30. The van der Waals surface area contributed by atoms with E-state index in [1.54, 1.807) is 12.1 Å². The number of phenolic OH excluding ortho intramolecular Hbond substituents is 1. The molecular weight excluding hydrogens is 246 g/mol. The van der Waals surface area contributed by atoms with Gasteiger partial charge in [-0.15, -0.1) is 0 Å². The van der Waals surface area contributed by atoms with Gasteiger partial charge in [-0.05, 0) is 25.0 Å². The molecule has 1 aromatic rings. The molecule has 0 fully saturated rings. The van der Waals surface area contributed by atoms with E-state index in [0.29, 0.717) is 12.8 Å². The molecule has 0 unspecified atom stereocenters. The van der Waals surface area contributed by atoms with Gasteiger partial charge in [-0.2, -0.15) is 0 Å². The number of nitrogens with two attached hydrogens (primary N) is 1. The number of aliphatic hydroxyl groups is 1. The summed E-state index contributed by atoms with van der Waals surface area (Å²) in [7, 11) is 0. The van der Waals surface area contributed by atoms with E-state index in [1.165, 1.54) is 0 Å². The van der Waals surface area contributed by atoms with Crippen LogP contribution in [0.2, 0.25) is 0 Å². The molecule has 0 aliphatic rings. The van der Waals surface area contributed by atoms with E-state index < -0.39 is 0 Å². The molecule has 0 saturated carbocycles. The molecule has 0 heterocycles. The van der Waals surface area contributed by atoms with Crippen molar-refractivity contribution in [1.82, 2.24) is 0 Å². The summed E-state index contributed by atoms with van der Waals surface area (Å²) in [5.41, 5.74) is 6.57. The molecule has 0 amide bonds. The van der Waals surface area contributed by atoms with Crippen LogP contribution in [0, 0.1) is 0 Å². The Kier molecular flexibility index (Phi) is 4.38. The molecular formula is C10H14BrNO2. The van der Waals surface area contributed by atoms with Gasteiger partial charge in [-0.1, -0.05) is 22.0 Å². The molecule has 1 rings (SSSR count). The monoisotopic (exact) mass is 259 g/mol. The van der Waals surface area contributed by atoms with Crippen LogP contribution in [0.4, 0.5) is 0 Å². The summed E-state index contributed by atoms with van der Waals surface area (Å²) in [5.74, 6) is 0.199. The van der Waals surface area contributed by atoms with Crippen LogP contribution in [0.5, 0.6) is 5.75 Å². The van der Waals surface area contributed by atoms with Crippen molar-refractivity contribution in [1.29, 1.82) is 0 Å². The Balaban J connectivity index is 2.74. The summed E-state index contributed by atoms with van der Waals surface area (Å²) in [6, 6.07) is 5.04. The zero-order valence-corrected chi connectivity index (χ0v) is 9.37. The lowest BCUT2D eigenvalue weighted by Gasteiger charge is -2.12. The number of hydrogen-bond donors (Lipinski definition) is 3. The highest BCUT2D eigenvalue weighted by Gasteiger charge is 2.10. The topological polar surface area (TPSA) is 66.5 Å². The molecule has 0 radical (unpaired) electrons. The number of phenols is 1. The summed E-state index contributed by atoms with van der Waals surface area (Å²) >= 11 is 3.26. The predicted molar refractivity (Wildman–Crippen MR) is 59.1 cm³/mol. The van der Waals surface area contributed by atoms with Crippen molar-refractivity contribution in [3.63, 3.8) is 0 Å². The number of halogens is 1. The highest BCUT2D eigenvalue weighted by atomic mass is 79.9. The molecule has 1 aromatic carbocycles. The van der Waals surface area contributed by atoms with E-state index in [1.807, 2.05) is 6.07 Å². The van der Waals surface area contributed by atoms with Gasteiger partial charge in [0.05, 0.1) is 0 Å². The van der Waals surface area contributed by atoms with Crippen molar-refractivity contribution < 1.29 is 10.2 Å². The molecule has 0 bridgehead atoms. The third kappa shape index (κ3) is 2.97. The highest BCUT2D eigenvalue weighted by molar-refractivity contribution is 9.10. The first-order valence-electron chi connectivity index (χ1n) is 4.50. The maximum Gasteiger partial charge on any atom is 0.121 e. The number of aromatic hydroxyl groups is 1. The van der Waals surface area contributed by atoms with Crippen molar-refractivity contribution in [2.75, 3.05) is 6.61 Å². The predicted octanol–water partition coefficient (Wildman–Crippen LogP) is 1.93. The van der Waals surface area contributed by atoms with Gasteiger partial charge in [0.1, 0.15) is 5.75 Å². The molecule has 0 saturated heterocycles. The van der Waals surface area contributed by atoms with Crippen LogP contribution in [0.15, 0.2) is 22.7 Å². The van der Waals surface area contributed by atoms with Crippen LogP contribution in [-0.4, -0.2) is 16.8 Å². The first kappa shape index (κ1) is 11.5. The summed E-state index contributed by atoms with van der Waals surface area (Å²) in [4.78, 5) is 0. The van der Waals surface area contributed by atoms with Gasteiger partial charge in [0.2, 0.25) is 0 Å². The van der Waals surface area contributed by atoms with E-state index >= 15 is 0 Å². The molecule has 0 aliphatic heterocycles. The minimum atomic E-state index is -0.213. The zero-order chi connectivity index (χ0) is 10.6. The van der Waals surface area contributed by atoms with Crippen LogP contribution in [0.1, 0.15) is 24.4 Å². The third-order valence-corrected chi connectivity index (χ3v) is 2.56. The van der Waals surface area contributed by atoms with Crippen molar-refractivity contribution in [3.8, 4) is 5.75 Å². The number of hydrogen-bond acceptors (Lipinski definition) is 3. The second-order valence-electron chi connectivity index (χ2n) is 3.18. The Bertz CT molecular complexity index is 304. The van der Waals surface area contributed by atoms with Crippen LogP contribution < -0.4 is 5.73 Å². The average molecular weight is 260 g/mol. The highest BCUT2D eigenvalue weighted by Crippen LogP contribution is 2.28. The molecule has 78 valence electrons. The van der Waals surface area contributed by atoms with Crippen LogP contribution in [0.3, 0.4) is 0 Å². The Morgan fingerprint density at radius 2 is 2.14 bits per heavy atom. The van der Waals surface area contributed by atoms with Gasteiger partial charge in [0.15, 0.2) is 0 Å². The summed E-state index contributed by atoms with van der Waals surface area (Å²) in [5, 5.41) is 18.2. The van der Waals surface area contributed by atoms with Crippen molar-refractivity contribution >= 4 is 15.9 Å². The Morgan fingerprint density at radius 3 is 2.71 bits per heavy atom. The second kappa shape index (κ2) is 5.34. The standard InChI is InChI=1S/C10H14BrNO2/c11-7-3-4-8(10(14)6-7)9(12)2-1-5-13/h3-4,6,9,13-14H,1-2,5,12H2/t9-/m1/s1. The average Bonchev–Trinajstić information content (AvgIpc) is 2.14. The van der Waals surface area contributed by atoms with E-state index in [2.05, 4.69) is 15.9 Å². The fraction of sp³-hybridized carbons (Fsp3) is 0.400. The van der Waals surface area contributed by atoms with E-state index in [9.17, 15) is 5.11 Å². The fourth-order valence-corrected chi connectivity index (χ4v) is 1.65. The lowest BCUT2D eigenvalue weighted by molar-refractivity contribution is 0.279. The summed E-state index contributed by atoms with van der Waals surface area (Å²) < 4.78 is 0.827. The largest absolute Gasteiger partial charge is 0.508 e. The Labute approximate surface area is 91.7 Å². The number of benzene rings is 1. The molecule has 3 nitrogen and oxygen atoms in total. The van der Waals surface area contributed by atoms with Gasteiger partial charge in [0.25, 0.3) is 0 Å². The first-order valence-corrected chi connectivity index (χ1v) is 5.29. The minimum absolute atomic E-state index is 0.130. The molecule has 0 aliphatic carbocycles. The zero-order valence-electron chi connectivity index (χ0n) is 7.78.